The maximum atomic E-state index is 14.4. The number of amides is 1. The summed E-state index contributed by atoms with van der Waals surface area (Å²) in [6.07, 6.45) is -1.93. The molecule has 2 fully saturated rings. The third-order valence-corrected chi connectivity index (χ3v) is 4.97. The normalized spacial score (nSPS) is 24.8. The Bertz CT molecular complexity index is 710. The zero-order valence-corrected chi connectivity index (χ0v) is 15.4. The predicted octanol–water partition coefficient (Wildman–Crippen LogP) is 2.50. The molecule has 0 unspecified atom stereocenters. The Labute approximate surface area is 160 Å². The highest BCUT2D eigenvalue weighted by atomic mass is 19.3. The SMILES string of the molecule is COc1nc(OC2CCC(F)(F)CC2)c(F)cc1CNC(=O)[C@@H]1C[C@@H](F)CN1. The number of nitrogens with one attached hydrogen (secondary N) is 2. The van der Waals surface area contributed by atoms with E-state index in [-0.39, 0.29) is 62.5 Å². The third kappa shape index (κ3) is 5.03. The van der Waals surface area contributed by atoms with E-state index < -0.39 is 36.0 Å². The highest BCUT2D eigenvalue weighted by Crippen LogP contribution is 2.35. The van der Waals surface area contributed by atoms with Crippen molar-refractivity contribution in [1.82, 2.24) is 15.6 Å². The number of carbonyl (C=O) groups excluding carboxylic acids is 1. The van der Waals surface area contributed by atoms with Gasteiger partial charge in [0.15, 0.2) is 5.82 Å². The lowest BCUT2D eigenvalue weighted by molar-refractivity contribution is -0.123. The zero-order valence-electron chi connectivity index (χ0n) is 15.4. The standard InChI is InChI=1S/C18H23F4N3O3/c1-27-16-10(8-24-15(26)14-7-11(19)9-23-14)6-13(20)17(25-16)28-12-2-4-18(21,22)5-3-12/h6,11-12,14,23H,2-5,7-9H2,1H3,(H,24,26)/t11-,14+/m1/s1. The molecule has 1 aromatic heterocycles. The van der Waals surface area contributed by atoms with E-state index >= 15 is 0 Å². The first kappa shape index (κ1) is 20.6. The Morgan fingerprint density at radius 3 is 2.68 bits per heavy atom. The smallest absolute Gasteiger partial charge is 0.254 e. The molecule has 156 valence electrons. The van der Waals surface area contributed by atoms with Crippen molar-refractivity contribution >= 4 is 5.91 Å². The van der Waals surface area contributed by atoms with Crippen LogP contribution < -0.4 is 20.1 Å². The minimum absolute atomic E-state index is 0.0561. The van der Waals surface area contributed by atoms with Crippen LogP contribution in [0.1, 0.15) is 37.7 Å². The van der Waals surface area contributed by atoms with Gasteiger partial charge in [-0.15, -0.1) is 0 Å². The lowest BCUT2D eigenvalue weighted by Gasteiger charge is -2.28. The fourth-order valence-corrected chi connectivity index (χ4v) is 3.37. The van der Waals surface area contributed by atoms with E-state index in [1.165, 1.54) is 7.11 Å². The quantitative estimate of drug-likeness (QED) is 0.712. The molecule has 28 heavy (non-hydrogen) atoms. The first-order valence-corrected chi connectivity index (χ1v) is 9.20. The molecule has 0 radical (unpaired) electrons. The maximum absolute atomic E-state index is 14.4. The maximum Gasteiger partial charge on any atom is 0.254 e. The van der Waals surface area contributed by atoms with Gasteiger partial charge >= 0.3 is 0 Å². The number of hydrogen-bond acceptors (Lipinski definition) is 5. The van der Waals surface area contributed by atoms with E-state index in [0.717, 1.165) is 6.07 Å². The molecule has 10 heteroatoms. The van der Waals surface area contributed by atoms with Crippen LogP contribution >= 0.6 is 0 Å². The van der Waals surface area contributed by atoms with E-state index in [9.17, 15) is 22.4 Å². The molecular weight excluding hydrogens is 382 g/mol. The number of pyridine rings is 1. The number of alkyl halides is 3. The Balaban J connectivity index is 1.62. The number of halogens is 4. The summed E-state index contributed by atoms with van der Waals surface area (Å²) in [5.74, 6) is -4.14. The molecule has 0 spiro atoms. The van der Waals surface area contributed by atoms with Gasteiger partial charge in [0, 0.05) is 37.9 Å². The molecule has 6 nitrogen and oxygen atoms in total. The molecule has 1 saturated heterocycles. The van der Waals surface area contributed by atoms with Crippen LogP contribution in [-0.2, 0) is 11.3 Å². The summed E-state index contributed by atoms with van der Waals surface area (Å²) in [5, 5.41) is 5.36. The van der Waals surface area contributed by atoms with Crippen molar-refractivity contribution in [3.8, 4) is 11.8 Å². The average Bonchev–Trinajstić information content (AvgIpc) is 3.09. The van der Waals surface area contributed by atoms with Crippen molar-refractivity contribution in [3.63, 3.8) is 0 Å². The molecule has 2 aliphatic rings. The number of hydrogen-bond donors (Lipinski definition) is 2. The van der Waals surface area contributed by atoms with Gasteiger partial charge in [-0.25, -0.2) is 17.6 Å². The molecule has 1 saturated carbocycles. The van der Waals surface area contributed by atoms with Crippen molar-refractivity contribution in [3.05, 3.63) is 17.4 Å². The van der Waals surface area contributed by atoms with Crippen LogP contribution in [0.5, 0.6) is 11.8 Å². The molecule has 2 N–H and O–H groups in total. The minimum Gasteiger partial charge on any atom is -0.481 e. The molecule has 3 rings (SSSR count). The molecule has 0 aromatic carbocycles. The van der Waals surface area contributed by atoms with E-state index in [1.807, 2.05) is 0 Å². The second kappa shape index (κ2) is 8.50. The number of carbonyl (C=O) groups is 1. The van der Waals surface area contributed by atoms with Crippen LogP contribution in [0.4, 0.5) is 17.6 Å². The molecule has 1 aliphatic heterocycles. The monoisotopic (exact) mass is 405 g/mol. The largest absolute Gasteiger partial charge is 0.481 e. The van der Waals surface area contributed by atoms with Crippen molar-refractivity contribution < 1.29 is 31.8 Å². The van der Waals surface area contributed by atoms with Gasteiger partial charge in [0.1, 0.15) is 12.3 Å². The summed E-state index contributed by atoms with van der Waals surface area (Å²) in [5.41, 5.74) is 0.283. The summed E-state index contributed by atoms with van der Waals surface area (Å²) >= 11 is 0. The van der Waals surface area contributed by atoms with Gasteiger partial charge in [-0.05, 0) is 18.9 Å². The highest BCUT2D eigenvalue weighted by molar-refractivity contribution is 5.82. The second-order valence-electron chi connectivity index (χ2n) is 7.13. The molecule has 1 aromatic rings. The van der Waals surface area contributed by atoms with E-state index in [4.69, 9.17) is 9.47 Å². The van der Waals surface area contributed by atoms with Crippen LogP contribution in [0.25, 0.3) is 0 Å². The van der Waals surface area contributed by atoms with Crippen LogP contribution in [0.2, 0.25) is 0 Å². The summed E-state index contributed by atoms with van der Waals surface area (Å²) in [7, 11) is 1.34. The van der Waals surface area contributed by atoms with Gasteiger partial charge in [0.2, 0.25) is 17.7 Å². The van der Waals surface area contributed by atoms with E-state index in [0.29, 0.717) is 0 Å². The zero-order chi connectivity index (χ0) is 20.3. The van der Waals surface area contributed by atoms with Crippen LogP contribution in [0, 0.1) is 5.82 Å². The van der Waals surface area contributed by atoms with E-state index in [2.05, 4.69) is 15.6 Å². The Kier molecular flexibility index (Phi) is 6.26. The number of ether oxygens (including phenoxy) is 2. The number of nitrogens with zero attached hydrogens (tertiary/aromatic N) is 1. The summed E-state index contributed by atoms with van der Waals surface area (Å²) in [6, 6.07) is 0.490. The Hall–Kier alpha value is -2.10. The first-order valence-electron chi connectivity index (χ1n) is 9.20. The van der Waals surface area contributed by atoms with Gasteiger partial charge in [-0.1, -0.05) is 0 Å². The molecule has 2 atom stereocenters. The van der Waals surface area contributed by atoms with Gasteiger partial charge in [0.05, 0.1) is 13.2 Å². The lowest BCUT2D eigenvalue weighted by Crippen LogP contribution is -2.40. The summed E-state index contributed by atoms with van der Waals surface area (Å²) in [6.45, 7) is 0.0632. The summed E-state index contributed by atoms with van der Waals surface area (Å²) < 4.78 is 64.6. The molecule has 0 bridgehead atoms. The Morgan fingerprint density at radius 2 is 2.07 bits per heavy atom. The van der Waals surface area contributed by atoms with Gasteiger partial charge < -0.3 is 20.1 Å². The van der Waals surface area contributed by atoms with Crippen molar-refractivity contribution in [1.29, 1.82) is 0 Å². The highest BCUT2D eigenvalue weighted by Gasteiger charge is 2.36. The van der Waals surface area contributed by atoms with Gasteiger partial charge in [-0.2, -0.15) is 4.98 Å². The molecule has 1 amide bonds. The fraction of sp³-hybridized carbons (Fsp3) is 0.667. The Morgan fingerprint density at radius 1 is 1.36 bits per heavy atom. The number of rotatable bonds is 6. The van der Waals surface area contributed by atoms with Crippen molar-refractivity contribution in [2.45, 2.75) is 62.9 Å². The predicted molar refractivity (Wildman–Crippen MR) is 91.7 cm³/mol. The van der Waals surface area contributed by atoms with E-state index in [1.54, 1.807) is 0 Å². The van der Waals surface area contributed by atoms with Crippen molar-refractivity contribution in [2.75, 3.05) is 13.7 Å². The minimum atomic E-state index is -2.71. The van der Waals surface area contributed by atoms with Crippen LogP contribution in [-0.4, -0.2) is 48.8 Å². The second-order valence-corrected chi connectivity index (χ2v) is 7.13. The number of aromatic nitrogens is 1. The van der Waals surface area contributed by atoms with Gasteiger partial charge in [0.25, 0.3) is 5.88 Å². The summed E-state index contributed by atoms with van der Waals surface area (Å²) in [4.78, 5) is 16.0. The van der Waals surface area contributed by atoms with Crippen molar-refractivity contribution in [2.24, 2.45) is 0 Å². The van der Waals surface area contributed by atoms with Gasteiger partial charge in [-0.3, -0.25) is 4.79 Å². The topological polar surface area (TPSA) is 72.5 Å². The number of methoxy groups -OCH3 is 1. The molecule has 1 aliphatic carbocycles. The average molecular weight is 405 g/mol. The van der Waals surface area contributed by atoms with Crippen LogP contribution in [0.3, 0.4) is 0 Å². The first-order chi connectivity index (χ1) is 13.3. The lowest BCUT2D eigenvalue weighted by atomic mass is 9.94. The molecular formula is C18H23F4N3O3. The fourth-order valence-electron chi connectivity index (χ4n) is 3.37. The van der Waals surface area contributed by atoms with Crippen LogP contribution in [0.15, 0.2) is 6.07 Å². The molecule has 2 heterocycles. The third-order valence-electron chi connectivity index (χ3n) is 4.97.